The Hall–Kier alpha value is -0.960. The van der Waals surface area contributed by atoms with Gasteiger partial charge in [0, 0.05) is 0 Å². The second-order valence-corrected chi connectivity index (χ2v) is 4.66. The molecule has 1 rings (SSSR count). The predicted octanol–water partition coefficient (Wildman–Crippen LogP) is 2.92. The quantitative estimate of drug-likeness (QED) is 0.775. The van der Waals surface area contributed by atoms with E-state index in [2.05, 4.69) is 12.6 Å². The van der Waals surface area contributed by atoms with Crippen LogP contribution in [0, 0.1) is 13.8 Å². The zero-order valence-electron chi connectivity index (χ0n) is 9.24. The number of hydrogen-bond acceptors (Lipinski definition) is 2. The summed E-state index contributed by atoms with van der Waals surface area (Å²) in [6.07, 6.45) is 0.467. The smallest absolute Gasteiger partial charge is 0.324 e. The van der Waals surface area contributed by atoms with Crippen LogP contribution < -0.4 is 0 Å². The van der Waals surface area contributed by atoms with E-state index in [0.717, 1.165) is 16.7 Å². The molecule has 15 heavy (non-hydrogen) atoms. The van der Waals surface area contributed by atoms with Crippen molar-refractivity contribution in [2.24, 2.45) is 0 Å². The molecular weight excluding hydrogens is 208 g/mol. The number of hydrogen-bond donors (Lipinski definition) is 2. The number of carboxylic acid groups (broad SMARTS) is 1. The number of carboxylic acids is 1. The molecule has 1 unspecified atom stereocenters. The Morgan fingerprint density at radius 1 is 1.33 bits per heavy atom. The number of benzene rings is 1. The molecular formula is C12H16O2S. The maximum atomic E-state index is 11.2. The van der Waals surface area contributed by atoms with Crippen LogP contribution in [0.25, 0.3) is 0 Å². The van der Waals surface area contributed by atoms with Gasteiger partial charge in [-0.25, -0.2) is 0 Å². The van der Waals surface area contributed by atoms with Crippen molar-refractivity contribution >= 4 is 18.6 Å². The Balaban J connectivity index is 3.29. The summed E-state index contributed by atoms with van der Waals surface area (Å²) in [5.74, 6) is -0.890. The Labute approximate surface area is 95.7 Å². The van der Waals surface area contributed by atoms with E-state index in [9.17, 15) is 9.90 Å². The van der Waals surface area contributed by atoms with E-state index >= 15 is 0 Å². The van der Waals surface area contributed by atoms with Gasteiger partial charge in [-0.2, -0.15) is 12.6 Å². The van der Waals surface area contributed by atoms with Gasteiger partial charge >= 0.3 is 5.97 Å². The molecule has 0 aromatic heterocycles. The molecule has 1 aromatic carbocycles. The number of rotatable bonds is 3. The molecule has 1 aromatic rings. The normalized spacial score (nSPS) is 14.7. The molecule has 0 saturated heterocycles. The van der Waals surface area contributed by atoms with Crippen molar-refractivity contribution in [3.63, 3.8) is 0 Å². The van der Waals surface area contributed by atoms with Gasteiger partial charge < -0.3 is 5.11 Å². The lowest BCUT2D eigenvalue weighted by Crippen LogP contribution is -2.29. The number of carbonyl (C=O) groups is 1. The highest BCUT2D eigenvalue weighted by atomic mass is 32.1. The van der Waals surface area contributed by atoms with E-state index in [1.54, 1.807) is 0 Å². The molecule has 0 bridgehead atoms. The molecule has 0 saturated carbocycles. The lowest BCUT2D eigenvalue weighted by atomic mass is 9.92. The first-order valence-electron chi connectivity index (χ1n) is 4.94. The Morgan fingerprint density at radius 3 is 2.13 bits per heavy atom. The zero-order valence-corrected chi connectivity index (χ0v) is 10.1. The van der Waals surface area contributed by atoms with Crippen molar-refractivity contribution in [3.8, 4) is 0 Å². The second-order valence-electron chi connectivity index (χ2n) is 3.90. The van der Waals surface area contributed by atoms with Crippen LogP contribution in [-0.4, -0.2) is 11.1 Å². The molecule has 0 aliphatic carbocycles. The van der Waals surface area contributed by atoms with Crippen LogP contribution in [0.5, 0.6) is 0 Å². The summed E-state index contributed by atoms with van der Waals surface area (Å²) in [5, 5.41) is 9.19. The van der Waals surface area contributed by atoms with Crippen molar-refractivity contribution in [1.82, 2.24) is 0 Å². The van der Waals surface area contributed by atoms with Crippen molar-refractivity contribution in [2.75, 3.05) is 0 Å². The minimum atomic E-state index is -1.07. The summed E-state index contributed by atoms with van der Waals surface area (Å²) in [4.78, 5) is 11.2. The molecule has 2 nitrogen and oxygen atoms in total. The SMILES string of the molecule is CCC(S)(C(=O)O)c1cc(C)cc(C)c1. The standard InChI is InChI=1S/C12H16O2S/c1-4-12(15,11(13)14)10-6-8(2)5-9(3)7-10/h5-7,15H,4H2,1-3H3,(H,13,14). The molecule has 1 atom stereocenters. The Morgan fingerprint density at radius 2 is 1.80 bits per heavy atom. The zero-order chi connectivity index (χ0) is 11.6. The summed E-state index contributed by atoms with van der Waals surface area (Å²) in [5.41, 5.74) is 2.90. The van der Waals surface area contributed by atoms with Gasteiger partial charge in [0.2, 0.25) is 0 Å². The van der Waals surface area contributed by atoms with Crippen molar-refractivity contribution < 1.29 is 9.90 Å². The largest absolute Gasteiger partial charge is 0.480 e. The predicted molar refractivity (Wildman–Crippen MR) is 64.5 cm³/mol. The monoisotopic (exact) mass is 224 g/mol. The van der Waals surface area contributed by atoms with Crippen LogP contribution in [0.2, 0.25) is 0 Å². The maximum absolute atomic E-state index is 11.2. The third-order valence-electron chi connectivity index (χ3n) is 2.56. The van der Waals surface area contributed by atoms with Gasteiger partial charge in [0.25, 0.3) is 0 Å². The highest BCUT2D eigenvalue weighted by Crippen LogP contribution is 2.33. The lowest BCUT2D eigenvalue weighted by molar-refractivity contribution is -0.140. The average Bonchev–Trinajstić information content (AvgIpc) is 2.14. The summed E-state index contributed by atoms with van der Waals surface area (Å²) >= 11 is 4.30. The fourth-order valence-electron chi connectivity index (χ4n) is 1.69. The first-order valence-corrected chi connectivity index (χ1v) is 5.39. The molecule has 0 fully saturated rings. The summed E-state index contributed by atoms with van der Waals surface area (Å²) < 4.78 is -1.07. The van der Waals surface area contributed by atoms with Crippen LogP contribution >= 0.6 is 12.6 Å². The summed E-state index contributed by atoms with van der Waals surface area (Å²) in [7, 11) is 0. The molecule has 0 spiro atoms. The van der Waals surface area contributed by atoms with Crippen molar-refractivity contribution in [2.45, 2.75) is 31.9 Å². The van der Waals surface area contributed by atoms with Crippen LogP contribution in [0.15, 0.2) is 18.2 Å². The third-order valence-corrected chi connectivity index (χ3v) is 3.33. The van der Waals surface area contributed by atoms with E-state index in [1.807, 2.05) is 39.0 Å². The maximum Gasteiger partial charge on any atom is 0.324 e. The van der Waals surface area contributed by atoms with Gasteiger partial charge in [0.05, 0.1) is 0 Å². The minimum absolute atomic E-state index is 0.467. The minimum Gasteiger partial charge on any atom is -0.480 e. The van der Waals surface area contributed by atoms with Gasteiger partial charge in [0.1, 0.15) is 4.75 Å². The second kappa shape index (κ2) is 4.27. The molecule has 0 aliphatic heterocycles. The Kier molecular flexibility index (Phi) is 3.45. The van der Waals surface area contributed by atoms with E-state index in [1.165, 1.54) is 0 Å². The van der Waals surface area contributed by atoms with E-state index in [-0.39, 0.29) is 0 Å². The molecule has 3 heteroatoms. The van der Waals surface area contributed by atoms with Crippen LogP contribution in [0.4, 0.5) is 0 Å². The summed E-state index contributed by atoms with van der Waals surface area (Å²) in [6, 6.07) is 5.80. The van der Waals surface area contributed by atoms with Crippen LogP contribution in [-0.2, 0) is 9.54 Å². The first-order chi connectivity index (χ1) is 6.90. The van der Waals surface area contributed by atoms with Gasteiger partial charge in [-0.3, -0.25) is 4.79 Å². The summed E-state index contributed by atoms with van der Waals surface area (Å²) in [6.45, 7) is 5.75. The van der Waals surface area contributed by atoms with Crippen molar-refractivity contribution in [3.05, 3.63) is 34.9 Å². The molecule has 82 valence electrons. The fraction of sp³-hybridized carbons (Fsp3) is 0.417. The molecule has 0 radical (unpaired) electrons. The number of thiol groups is 1. The van der Waals surface area contributed by atoms with E-state index in [0.29, 0.717) is 6.42 Å². The van der Waals surface area contributed by atoms with Crippen LogP contribution in [0.1, 0.15) is 30.0 Å². The molecule has 0 amide bonds. The highest BCUT2D eigenvalue weighted by Gasteiger charge is 2.34. The molecule has 0 aliphatic rings. The first kappa shape index (κ1) is 12.1. The third kappa shape index (κ3) is 2.34. The lowest BCUT2D eigenvalue weighted by Gasteiger charge is -2.23. The molecule has 1 N–H and O–H groups in total. The number of aryl methyl sites for hydroxylation is 2. The highest BCUT2D eigenvalue weighted by molar-refractivity contribution is 7.82. The van der Waals surface area contributed by atoms with Gasteiger partial charge in [-0.1, -0.05) is 36.2 Å². The fourth-order valence-corrected chi connectivity index (χ4v) is 1.82. The number of aliphatic carboxylic acids is 1. The van der Waals surface area contributed by atoms with E-state index in [4.69, 9.17) is 0 Å². The average molecular weight is 224 g/mol. The molecule has 0 heterocycles. The topological polar surface area (TPSA) is 37.3 Å². The van der Waals surface area contributed by atoms with Crippen molar-refractivity contribution in [1.29, 1.82) is 0 Å². The van der Waals surface area contributed by atoms with Gasteiger partial charge in [-0.15, -0.1) is 0 Å². The van der Waals surface area contributed by atoms with Crippen LogP contribution in [0.3, 0.4) is 0 Å². The van der Waals surface area contributed by atoms with E-state index < -0.39 is 10.7 Å². The Bertz CT molecular complexity index is 367. The van der Waals surface area contributed by atoms with Gasteiger partial charge in [0.15, 0.2) is 0 Å². The van der Waals surface area contributed by atoms with Gasteiger partial charge in [-0.05, 0) is 25.8 Å².